The lowest BCUT2D eigenvalue weighted by atomic mass is 10.1. The highest BCUT2D eigenvalue weighted by atomic mass is 16.2. The van der Waals surface area contributed by atoms with Gasteiger partial charge in [0.25, 0.3) is 0 Å². The average molecular weight is 258 g/mol. The Morgan fingerprint density at radius 3 is 2.74 bits per heavy atom. The molecular weight excluding hydrogens is 236 g/mol. The summed E-state index contributed by atoms with van der Waals surface area (Å²) in [5, 5.41) is 0. The smallest absolute Gasteiger partial charge is 0.246 e. The van der Waals surface area contributed by atoms with Crippen LogP contribution in [-0.2, 0) is 11.3 Å². The number of nitrogens with zero attached hydrogens (tertiary/aromatic N) is 2. The van der Waals surface area contributed by atoms with E-state index in [9.17, 15) is 4.79 Å². The van der Waals surface area contributed by atoms with Gasteiger partial charge in [-0.2, -0.15) is 0 Å². The molecule has 1 aliphatic heterocycles. The maximum Gasteiger partial charge on any atom is 0.246 e. The lowest BCUT2D eigenvalue weighted by Gasteiger charge is -2.21. The van der Waals surface area contributed by atoms with E-state index < -0.39 is 0 Å². The topological polar surface area (TPSA) is 23.6 Å². The third kappa shape index (κ3) is 3.93. The summed E-state index contributed by atoms with van der Waals surface area (Å²) in [4.78, 5) is 16.1. The molecule has 1 heterocycles. The molecule has 0 bridgehead atoms. The van der Waals surface area contributed by atoms with Crippen molar-refractivity contribution in [2.24, 2.45) is 5.92 Å². The molecule has 0 aliphatic carbocycles. The zero-order chi connectivity index (χ0) is 13.7. The number of hydrogen-bond donors (Lipinski definition) is 0. The fraction of sp³-hybridized carbons (Fsp3) is 0.438. The quantitative estimate of drug-likeness (QED) is 0.776. The first-order valence-corrected chi connectivity index (χ1v) is 6.86. The highest BCUT2D eigenvalue weighted by molar-refractivity contribution is 5.87. The van der Waals surface area contributed by atoms with Crippen molar-refractivity contribution in [3.63, 3.8) is 0 Å². The standard InChI is InChI=1S/C16H22N2O/c1-3-16(19)18-10-9-17(11-14(2)12-18)13-15-7-5-4-6-8-15/h3-8,14H,1,9-13H2,2H3. The summed E-state index contributed by atoms with van der Waals surface area (Å²) in [6.07, 6.45) is 1.42. The van der Waals surface area contributed by atoms with E-state index in [0.717, 1.165) is 32.7 Å². The summed E-state index contributed by atoms with van der Waals surface area (Å²) in [5.41, 5.74) is 1.33. The monoisotopic (exact) mass is 258 g/mol. The Hall–Kier alpha value is -1.61. The minimum Gasteiger partial charge on any atom is -0.338 e. The minimum absolute atomic E-state index is 0.0495. The zero-order valence-corrected chi connectivity index (χ0v) is 11.6. The highest BCUT2D eigenvalue weighted by Gasteiger charge is 2.21. The van der Waals surface area contributed by atoms with Crippen molar-refractivity contribution < 1.29 is 4.79 Å². The Labute approximate surface area is 115 Å². The predicted octanol–water partition coefficient (Wildman–Crippen LogP) is 2.15. The van der Waals surface area contributed by atoms with E-state index >= 15 is 0 Å². The molecule has 0 aromatic heterocycles. The van der Waals surface area contributed by atoms with Gasteiger partial charge in [0.2, 0.25) is 5.91 Å². The van der Waals surface area contributed by atoms with E-state index in [1.165, 1.54) is 11.6 Å². The van der Waals surface area contributed by atoms with Gasteiger partial charge in [0.05, 0.1) is 0 Å². The van der Waals surface area contributed by atoms with Crippen LogP contribution in [0.3, 0.4) is 0 Å². The molecule has 1 saturated heterocycles. The van der Waals surface area contributed by atoms with E-state index in [1.807, 2.05) is 11.0 Å². The van der Waals surface area contributed by atoms with Crippen LogP contribution in [0.15, 0.2) is 43.0 Å². The van der Waals surface area contributed by atoms with Gasteiger partial charge < -0.3 is 4.90 Å². The summed E-state index contributed by atoms with van der Waals surface area (Å²) in [5.74, 6) is 0.545. The highest BCUT2D eigenvalue weighted by Crippen LogP contribution is 2.13. The molecule has 2 rings (SSSR count). The molecule has 0 spiro atoms. The van der Waals surface area contributed by atoms with Crippen LogP contribution in [0.5, 0.6) is 0 Å². The number of hydrogen-bond acceptors (Lipinski definition) is 2. The van der Waals surface area contributed by atoms with Gasteiger partial charge in [-0.3, -0.25) is 9.69 Å². The molecule has 3 nitrogen and oxygen atoms in total. The zero-order valence-electron chi connectivity index (χ0n) is 11.6. The van der Waals surface area contributed by atoms with Gasteiger partial charge in [0.15, 0.2) is 0 Å². The van der Waals surface area contributed by atoms with E-state index in [0.29, 0.717) is 5.92 Å². The third-order valence-corrected chi connectivity index (χ3v) is 3.52. The molecule has 0 radical (unpaired) electrons. The van der Waals surface area contributed by atoms with Crippen molar-refractivity contribution in [3.05, 3.63) is 48.6 Å². The number of amides is 1. The Morgan fingerprint density at radius 2 is 2.05 bits per heavy atom. The van der Waals surface area contributed by atoms with Crippen LogP contribution in [0, 0.1) is 5.92 Å². The van der Waals surface area contributed by atoms with Gasteiger partial charge in [-0.05, 0) is 17.6 Å². The van der Waals surface area contributed by atoms with E-state index in [-0.39, 0.29) is 5.91 Å². The van der Waals surface area contributed by atoms with Crippen LogP contribution < -0.4 is 0 Å². The predicted molar refractivity (Wildman–Crippen MR) is 77.7 cm³/mol. The average Bonchev–Trinajstić information content (AvgIpc) is 2.60. The molecule has 0 saturated carbocycles. The molecule has 0 N–H and O–H groups in total. The van der Waals surface area contributed by atoms with Crippen LogP contribution in [0.2, 0.25) is 0 Å². The lowest BCUT2D eigenvalue weighted by molar-refractivity contribution is -0.126. The Kier molecular flexibility index (Phi) is 4.74. The molecule has 1 atom stereocenters. The summed E-state index contributed by atoms with van der Waals surface area (Å²) in [7, 11) is 0. The maximum atomic E-state index is 11.7. The Morgan fingerprint density at radius 1 is 1.32 bits per heavy atom. The fourth-order valence-electron chi connectivity index (χ4n) is 2.63. The molecular formula is C16H22N2O. The van der Waals surface area contributed by atoms with E-state index in [4.69, 9.17) is 0 Å². The van der Waals surface area contributed by atoms with E-state index in [2.05, 4.69) is 42.7 Å². The second-order valence-electron chi connectivity index (χ2n) is 5.31. The molecule has 19 heavy (non-hydrogen) atoms. The number of carbonyl (C=O) groups excluding carboxylic acids is 1. The summed E-state index contributed by atoms with van der Waals surface area (Å²) in [6, 6.07) is 10.5. The maximum absolute atomic E-state index is 11.7. The van der Waals surface area contributed by atoms with Crippen molar-refractivity contribution >= 4 is 5.91 Å². The second kappa shape index (κ2) is 6.53. The molecule has 1 aromatic rings. The van der Waals surface area contributed by atoms with E-state index in [1.54, 1.807) is 0 Å². The number of carbonyl (C=O) groups is 1. The SMILES string of the molecule is C=CC(=O)N1CCN(Cc2ccccc2)CC(C)C1. The van der Waals surface area contributed by atoms with Gasteiger partial charge in [-0.15, -0.1) is 0 Å². The molecule has 1 fully saturated rings. The molecule has 102 valence electrons. The fourth-order valence-corrected chi connectivity index (χ4v) is 2.63. The van der Waals surface area contributed by atoms with Gasteiger partial charge in [-0.25, -0.2) is 0 Å². The summed E-state index contributed by atoms with van der Waals surface area (Å²) >= 11 is 0. The van der Waals surface area contributed by atoms with Crippen molar-refractivity contribution in [1.82, 2.24) is 9.80 Å². The van der Waals surface area contributed by atoms with Crippen molar-refractivity contribution in [2.45, 2.75) is 13.5 Å². The van der Waals surface area contributed by atoms with Gasteiger partial charge in [-0.1, -0.05) is 43.8 Å². The van der Waals surface area contributed by atoms with Crippen LogP contribution >= 0.6 is 0 Å². The second-order valence-corrected chi connectivity index (χ2v) is 5.31. The molecule has 3 heteroatoms. The first kappa shape index (κ1) is 13.8. The molecule has 1 amide bonds. The van der Waals surface area contributed by atoms with Gasteiger partial charge in [0, 0.05) is 32.7 Å². The normalized spacial score (nSPS) is 20.9. The van der Waals surface area contributed by atoms with Crippen LogP contribution in [0.4, 0.5) is 0 Å². The summed E-state index contributed by atoms with van der Waals surface area (Å²) in [6.45, 7) is 10.3. The van der Waals surface area contributed by atoms with Gasteiger partial charge >= 0.3 is 0 Å². The lowest BCUT2D eigenvalue weighted by Crippen LogP contribution is -2.34. The largest absolute Gasteiger partial charge is 0.338 e. The Balaban J connectivity index is 1.97. The van der Waals surface area contributed by atoms with Crippen molar-refractivity contribution in [2.75, 3.05) is 26.2 Å². The van der Waals surface area contributed by atoms with Gasteiger partial charge in [0.1, 0.15) is 0 Å². The molecule has 1 aliphatic rings. The third-order valence-electron chi connectivity index (χ3n) is 3.52. The van der Waals surface area contributed by atoms with Crippen LogP contribution in [0.25, 0.3) is 0 Å². The van der Waals surface area contributed by atoms with Crippen molar-refractivity contribution in [3.8, 4) is 0 Å². The number of benzene rings is 1. The molecule has 1 unspecified atom stereocenters. The molecule has 1 aromatic carbocycles. The van der Waals surface area contributed by atoms with Crippen LogP contribution in [-0.4, -0.2) is 41.9 Å². The first-order valence-electron chi connectivity index (χ1n) is 6.86. The van der Waals surface area contributed by atoms with Crippen LogP contribution in [0.1, 0.15) is 12.5 Å². The summed E-state index contributed by atoms with van der Waals surface area (Å²) < 4.78 is 0. The van der Waals surface area contributed by atoms with Crippen molar-refractivity contribution in [1.29, 1.82) is 0 Å². The Bertz CT molecular complexity index is 430. The first-order chi connectivity index (χ1) is 9.19. The number of rotatable bonds is 3. The minimum atomic E-state index is 0.0495.